The van der Waals surface area contributed by atoms with Gasteiger partial charge in [-0.25, -0.2) is 4.79 Å². The highest BCUT2D eigenvalue weighted by atomic mass is 16.6. The third-order valence-corrected chi connectivity index (χ3v) is 3.93. The number of nitrogens with one attached hydrogen (secondary N) is 2. The second kappa shape index (κ2) is 6.52. The summed E-state index contributed by atoms with van der Waals surface area (Å²) >= 11 is 0. The molecule has 0 spiro atoms. The van der Waals surface area contributed by atoms with Crippen LogP contribution in [-0.4, -0.2) is 18.7 Å². The molecule has 0 aromatic heterocycles. The van der Waals surface area contributed by atoms with Crippen molar-refractivity contribution in [1.29, 1.82) is 0 Å². The lowest BCUT2D eigenvalue weighted by atomic mass is 9.98. The first-order valence-corrected chi connectivity index (χ1v) is 7.58. The van der Waals surface area contributed by atoms with E-state index in [1.54, 1.807) is 6.07 Å². The molecule has 114 valence electrons. The molecule has 4 nitrogen and oxygen atoms in total. The number of hydrogen-bond donors (Lipinski definition) is 2. The second-order valence-electron chi connectivity index (χ2n) is 5.57. The van der Waals surface area contributed by atoms with Crippen LogP contribution in [0.3, 0.4) is 0 Å². The van der Waals surface area contributed by atoms with Crippen molar-refractivity contribution in [2.75, 3.05) is 11.9 Å². The zero-order valence-corrected chi connectivity index (χ0v) is 12.6. The van der Waals surface area contributed by atoms with E-state index in [1.165, 1.54) is 5.56 Å². The number of carbonyl (C=O) groups excluding carboxylic acids is 1. The topological polar surface area (TPSA) is 50.4 Å². The number of para-hydroxylation sites is 2. The summed E-state index contributed by atoms with van der Waals surface area (Å²) in [5.74, 6) is 0.599. The first-order chi connectivity index (χ1) is 10.7. The van der Waals surface area contributed by atoms with Gasteiger partial charge in [-0.2, -0.15) is 0 Å². The Balaban J connectivity index is 1.51. The molecule has 2 aromatic rings. The Bertz CT molecular complexity index is 670. The van der Waals surface area contributed by atoms with E-state index in [1.807, 2.05) is 31.2 Å². The van der Waals surface area contributed by atoms with E-state index >= 15 is 0 Å². The molecule has 0 radical (unpaired) electrons. The van der Waals surface area contributed by atoms with Crippen LogP contribution < -0.4 is 15.4 Å². The van der Waals surface area contributed by atoms with Crippen molar-refractivity contribution < 1.29 is 9.53 Å². The van der Waals surface area contributed by atoms with Gasteiger partial charge in [0, 0.05) is 18.3 Å². The number of fused-ring (bicyclic) bond motifs is 1. The van der Waals surface area contributed by atoms with Crippen molar-refractivity contribution in [3.05, 3.63) is 59.7 Å². The Kier molecular flexibility index (Phi) is 4.28. The zero-order valence-electron chi connectivity index (χ0n) is 12.6. The quantitative estimate of drug-likeness (QED) is 0.911. The lowest BCUT2D eigenvalue weighted by molar-refractivity contribution is 0.199. The molecule has 22 heavy (non-hydrogen) atoms. The van der Waals surface area contributed by atoms with Gasteiger partial charge in [0.05, 0.1) is 0 Å². The Morgan fingerprint density at radius 3 is 2.86 bits per heavy atom. The summed E-state index contributed by atoms with van der Waals surface area (Å²) in [7, 11) is 0. The number of carbonyl (C=O) groups is 1. The van der Waals surface area contributed by atoms with E-state index in [4.69, 9.17) is 4.74 Å². The minimum Gasteiger partial charge on any atom is -0.410 e. The van der Waals surface area contributed by atoms with Gasteiger partial charge < -0.3 is 15.4 Å². The van der Waals surface area contributed by atoms with Gasteiger partial charge in [0.1, 0.15) is 5.75 Å². The second-order valence-corrected chi connectivity index (χ2v) is 5.57. The van der Waals surface area contributed by atoms with Crippen LogP contribution in [0.5, 0.6) is 5.75 Å². The van der Waals surface area contributed by atoms with Crippen LogP contribution in [0, 0.1) is 6.92 Å². The van der Waals surface area contributed by atoms with Crippen LogP contribution in [-0.2, 0) is 6.42 Å². The Labute approximate surface area is 130 Å². The van der Waals surface area contributed by atoms with Gasteiger partial charge in [0.15, 0.2) is 0 Å². The third kappa shape index (κ3) is 3.39. The van der Waals surface area contributed by atoms with Gasteiger partial charge in [-0.15, -0.1) is 0 Å². The van der Waals surface area contributed by atoms with Crippen molar-refractivity contribution in [3.8, 4) is 5.75 Å². The molecule has 0 bridgehead atoms. The fraction of sp³-hybridized carbons (Fsp3) is 0.278. The van der Waals surface area contributed by atoms with Crippen LogP contribution >= 0.6 is 0 Å². The highest BCUT2D eigenvalue weighted by Gasteiger charge is 2.18. The minimum absolute atomic E-state index is 0.235. The van der Waals surface area contributed by atoms with Crippen molar-refractivity contribution in [3.63, 3.8) is 0 Å². The van der Waals surface area contributed by atoms with E-state index in [0.29, 0.717) is 12.3 Å². The molecule has 0 saturated heterocycles. The van der Waals surface area contributed by atoms with Crippen molar-refractivity contribution in [1.82, 2.24) is 5.32 Å². The molecule has 1 atom stereocenters. The summed E-state index contributed by atoms with van der Waals surface area (Å²) in [4.78, 5) is 11.9. The van der Waals surface area contributed by atoms with Crippen molar-refractivity contribution in [2.45, 2.75) is 25.8 Å². The molecule has 1 heterocycles. The summed E-state index contributed by atoms with van der Waals surface area (Å²) < 4.78 is 5.33. The lowest BCUT2D eigenvalue weighted by Gasteiger charge is -2.27. The van der Waals surface area contributed by atoms with Gasteiger partial charge in [0.2, 0.25) is 0 Å². The summed E-state index contributed by atoms with van der Waals surface area (Å²) in [5, 5.41) is 6.29. The Morgan fingerprint density at radius 2 is 2.00 bits per heavy atom. The predicted octanol–water partition coefficient (Wildman–Crippen LogP) is 3.51. The molecule has 0 aliphatic carbocycles. The fourth-order valence-electron chi connectivity index (χ4n) is 2.67. The van der Waals surface area contributed by atoms with Gasteiger partial charge in [0.25, 0.3) is 0 Å². The molecule has 1 aliphatic heterocycles. The van der Waals surface area contributed by atoms with E-state index < -0.39 is 6.09 Å². The molecule has 1 unspecified atom stereocenters. The van der Waals surface area contributed by atoms with Crippen LogP contribution in [0.1, 0.15) is 17.5 Å². The summed E-state index contributed by atoms with van der Waals surface area (Å²) in [6, 6.07) is 16.0. The van der Waals surface area contributed by atoms with Gasteiger partial charge in [-0.1, -0.05) is 36.4 Å². The SMILES string of the molecule is Cc1ccccc1OC(=O)NCC1CCc2ccccc2N1. The Morgan fingerprint density at radius 1 is 1.23 bits per heavy atom. The van der Waals surface area contributed by atoms with Gasteiger partial charge in [-0.3, -0.25) is 0 Å². The van der Waals surface area contributed by atoms with E-state index in [0.717, 1.165) is 24.1 Å². The molecule has 2 aromatic carbocycles. The fourth-order valence-corrected chi connectivity index (χ4v) is 2.67. The third-order valence-electron chi connectivity index (χ3n) is 3.93. The number of anilines is 1. The molecule has 4 heteroatoms. The average Bonchev–Trinajstić information content (AvgIpc) is 2.55. The van der Waals surface area contributed by atoms with Crippen LogP contribution in [0.2, 0.25) is 0 Å². The van der Waals surface area contributed by atoms with Crippen LogP contribution in [0.15, 0.2) is 48.5 Å². The van der Waals surface area contributed by atoms with E-state index in [9.17, 15) is 4.79 Å². The van der Waals surface area contributed by atoms with E-state index in [-0.39, 0.29) is 6.04 Å². The number of aryl methyl sites for hydroxylation is 2. The first-order valence-electron chi connectivity index (χ1n) is 7.58. The largest absolute Gasteiger partial charge is 0.412 e. The standard InChI is InChI=1S/C18H20N2O2/c1-13-6-2-5-9-17(13)22-18(21)19-12-15-11-10-14-7-3-4-8-16(14)20-15/h2-9,15,20H,10-12H2,1H3,(H,19,21). The van der Waals surface area contributed by atoms with Gasteiger partial charge >= 0.3 is 6.09 Å². The molecular weight excluding hydrogens is 276 g/mol. The first kappa shape index (κ1) is 14.4. The highest BCUT2D eigenvalue weighted by Crippen LogP contribution is 2.24. The number of rotatable bonds is 3. The molecule has 1 aliphatic rings. The summed E-state index contributed by atoms with van der Waals surface area (Å²) in [6.45, 7) is 2.47. The number of hydrogen-bond acceptors (Lipinski definition) is 3. The molecule has 3 rings (SSSR count). The summed E-state index contributed by atoms with van der Waals surface area (Å²) in [6.07, 6.45) is 1.62. The highest BCUT2D eigenvalue weighted by molar-refractivity contribution is 5.71. The molecule has 2 N–H and O–H groups in total. The maximum Gasteiger partial charge on any atom is 0.412 e. The number of amides is 1. The Hall–Kier alpha value is -2.49. The van der Waals surface area contributed by atoms with Gasteiger partial charge in [-0.05, 0) is 43.0 Å². The maximum absolute atomic E-state index is 11.9. The monoisotopic (exact) mass is 296 g/mol. The zero-order chi connectivity index (χ0) is 15.4. The van der Waals surface area contributed by atoms with Crippen LogP contribution in [0.25, 0.3) is 0 Å². The van der Waals surface area contributed by atoms with Crippen molar-refractivity contribution >= 4 is 11.8 Å². The number of benzene rings is 2. The maximum atomic E-state index is 11.9. The minimum atomic E-state index is -0.407. The molecule has 1 amide bonds. The number of ether oxygens (including phenoxy) is 1. The van der Waals surface area contributed by atoms with Crippen LogP contribution in [0.4, 0.5) is 10.5 Å². The van der Waals surface area contributed by atoms with Crippen molar-refractivity contribution in [2.24, 2.45) is 0 Å². The average molecular weight is 296 g/mol. The lowest BCUT2D eigenvalue weighted by Crippen LogP contribution is -2.39. The molecule has 0 fully saturated rings. The smallest absolute Gasteiger partial charge is 0.410 e. The molecule has 0 saturated carbocycles. The predicted molar refractivity (Wildman–Crippen MR) is 87.4 cm³/mol. The molecular formula is C18H20N2O2. The summed E-state index contributed by atoms with van der Waals surface area (Å²) in [5.41, 5.74) is 3.44. The normalized spacial score (nSPS) is 16.3. The van der Waals surface area contributed by atoms with E-state index in [2.05, 4.69) is 28.8 Å².